The van der Waals surface area contributed by atoms with Crippen molar-refractivity contribution in [3.05, 3.63) is 0 Å². The van der Waals surface area contributed by atoms with Gasteiger partial charge in [0.15, 0.2) is 0 Å². The lowest BCUT2D eigenvalue weighted by molar-refractivity contribution is -0.915. The normalized spacial score (nSPS) is 15.7. The second kappa shape index (κ2) is 19.5. The van der Waals surface area contributed by atoms with Crippen LogP contribution in [0.3, 0.4) is 0 Å². The molecule has 1 fully saturated rings. The standard InChI is InChI=1S/C22H46N.C2H6O4S/c1-3-5-6-7-8-9-10-11-12-13-14-15-16-17-20-23(4-2)21-18-19-22-23;1-2-6-7(3,4)5/h3-22H2,1-2H3;2H2,1H3,(H,3,4,5)/q+1;/p-1. The van der Waals surface area contributed by atoms with Gasteiger partial charge < -0.3 is 9.04 Å². The second-order valence-corrected chi connectivity index (χ2v) is 10.00. The number of hydrogen-bond acceptors (Lipinski definition) is 4. The molecule has 1 saturated heterocycles. The highest BCUT2D eigenvalue weighted by atomic mass is 32.3. The van der Waals surface area contributed by atoms with Gasteiger partial charge in [0.05, 0.1) is 32.8 Å². The van der Waals surface area contributed by atoms with Gasteiger partial charge in [0.2, 0.25) is 10.4 Å². The van der Waals surface area contributed by atoms with Crippen LogP contribution in [0, 0.1) is 0 Å². The molecule has 1 aliphatic rings. The van der Waals surface area contributed by atoms with Crippen LogP contribution >= 0.6 is 0 Å². The Hall–Kier alpha value is -0.170. The smallest absolute Gasteiger partial charge is 0.217 e. The van der Waals surface area contributed by atoms with Gasteiger partial charge in [0.25, 0.3) is 0 Å². The summed E-state index contributed by atoms with van der Waals surface area (Å²) in [4.78, 5) is 0. The van der Waals surface area contributed by atoms with Crippen molar-refractivity contribution in [2.75, 3.05) is 32.8 Å². The quantitative estimate of drug-likeness (QED) is 0.103. The monoisotopic (exact) mass is 449 g/mol. The van der Waals surface area contributed by atoms with E-state index >= 15 is 0 Å². The van der Waals surface area contributed by atoms with Gasteiger partial charge in [0.1, 0.15) is 0 Å². The minimum atomic E-state index is -4.42. The molecule has 0 aromatic rings. The summed E-state index contributed by atoms with van der Waals surface area (Å²) in [5.41, 5.74) is 0. The second-order valence-electron chi connectivity index (χ2n) is 8.95. The van der Waals surface area contributed by atoms with E-state index in [1.165, 1.54) is 140 Å². The van der Waals surface area contributed by atoms with Crippen LogP contribution in [-0.4, -0.2) is 50.2 Å². The highest BCUT2D eigenvalue weighted by Crippen LogP contribution is 2.21. The average Bonchev–Trinajstić information content (AvgIpc) is 3.17. The summed E-state index contributed by atoms with van der Waals surface area (Å²) in [6.45, 7) is 11.8. The van der Waals surface area contributed by atoms with Crippen LogP contribution in [0.4, 0.5) is 0 Å². The Morgan fingerprint density at radius 1 is 0.700 bits per heavy atom. The SMILES string of the molecule is CCCCCCCCCCCCCCCC[N+]1(CC)CCCC1.CCOS(=O)(=O)[O-]. The summed E-state index contributed by atoms with van der Waals surface area (Å²) >= 11 is 0. The predicted octanol–water partition coefficient (Wildman–Crippen LogP) is 6.58. The van der Waals surface area contributed by atoms with E-state index < -0.39 is 10.4 Å². The van der Waals surface area contributed by atoms with Crippen LogP contribution in [0.1, 0.15) is 124 Å². The molecular formula is C24H51NO4S. The van der Waals surface area contributed by atoms with Crippen molar-refractivity contribution in [1.82, 2.24) is 0 Å². The molecule has 0 aromatic heterocycles. The zero-order valence-corrected chi connectivity index (χ0v) is 21.2. The van der Waals surface area contributed by atoms with E-state index in [1.54, 1.807) is 0 Å². The fourth-order valence-corrected chi connectivity index (χ4v) is 4.78. The third kappa shape index (κ3) is 18.6. The summed E-state index contributed by atoms with van der Waals surface area (Å²) in [7, 11) is -4.42. The van der Waals surface area contributed by atoms with Crippen molar-refractivity contribution >= 4 is 10.4 Å². The number of likely N-dealkylation sites (tertiary alicyclic amines) is 1. The Morgan fingerprint density at radius 2 is 1.10 bits per heavy atom. The van der Waals surface area contributed by atoms with Crippen molar-refractivity contribution in [3.8, 4) is 0 Å². The van der Waals surface area contributed by atoms with Gasteiger partial charge in [-0.2, -0.15) is 0 Å². The van der Waals surface area contributed by atoms with Gasteiger partial charge in [-0.25, -0.2) is 8.42 Å². The molecule has 0 aromatic carbocycles. The van der Waals surface area contributed by atoms with Crippen LogP contribution in [0.2, 0.25) is 0 Å². The molecule has 182 valence electrons. The van der Waals surface area contributed by atoms with Crippen molar-refractivity contribution in [3.63, 3.8) is 0 Å². The molecule has 0 bridgehead atoms. The van der Waals surface area contributed by atoms with Crippen molar-refractivity contribution in [2.45, 2.75) is 124 Å². The Kier molecular flexibility index (Phi) is 19.4. The summed E-state index contributed by atoms with van der Waals surface area (Å²) in [6, 6.07) is 0. The lowest BCUT2D eigenvalue weighted by Crippen LogP contribution is -2.45. The average molecular weight is 450 g/mol. The van der Waals surface area contributed by atoms with Crippen LogP contribution < -0.4 is 0 Å². The number of nitrogens with zero attached hydrogens (tertiary/aromatic N) is 1. The molecule has 0 unspecified atom stereocenters. The highest BCUT2D eigenvalue weighted by Gasteiger charge is 2.28. The first-order chi connectivity index (χ1) is 14.4. The molecule has 0 radical (unpaired) electrons. The van der Waals surface area contributed by atoms with Crippen molar-refractivity contribution < 1.29 is 21.6 Å². The van der Waals surface area contributed by atoms with Crippen LogP contribution in [0.5, 0.6) is 0 Å². The zero-order valence-electron chi connectivity index (χ0n) is 20.3. The summed E-state index contributed by atoms with van der Waals surface area (Å²) in [6.07, 6.45) is 23.6. The minimum Gasteiger partial charge on any atom is -0.726 e. The maximum Gasteiger partial charge on any atom is 0.217 e. The van der Waals surface area contributed by atoms with Gasteiger partial charge in [-0.05, 0) is 26.7 Å². The molecular weight excluding hydrogens is 398 g/mol. The van der Waals surface area contributed by atoms with Gasteiger partial charge in [-0.3, -0.25) is 4.18 Å². The molecule has 1 heterocycles. The van der Waals surface area contributed by atoms with E-state index in [-0.39, 0.29) is 6.61 Å². The Balaban J connectivity index is 0.00000103. The van der Waals surface area contributed by atoms with Gasteiger partial charge in [-0.1, -0.05) is 84.0 Å². The number of unbranched alkanes of at least 4 members (excludes halogenated alkanes) is 13. The molecule has 5 nitrogen and oxygen atoms in total. The molecule has 0 atom stereocenters. The maximum absolute atomic E-state index is 9.45. The topological polar surface area (TPSA) is 66.4 Å². The van der Waals surface area contributed by atoms with Crippen molar-refractivity contribution in [1.29, 1.82) is 0 Å². The van der Waals surface area contributed by atoms with E-state index in [0.29, 0.717) is 0 Å². The molecule has 1 rings (SSSR count). The molecule has 6 heteroatoms. The summed E-state index contributed by atoms with van der Waals surface area (Å²) in [5.74, 6) is 0. The Morgan fingerprint density at radius 3 is 1.40 bits per heavy atom. The fraction of sp³-hybridized carbons (Fsp3) is 1.00. The van der Waals surface area contributed by atoms with Gasteiger partial charge in [-0.15, -0.1) is 0 Å². The molecule has 0 aliphatic carbocycles. The van der Waals surface area contributed by atoms with E-state index in [0.717, 1.165) is 0 Å². The van der Waals surface area contributed by atoms with Crippen molar-refractivity contribution in [2.24, 2.45) is 0 Å². The third-order valence-electron chi connectivity index (χ3n) is 6.43. The molecule has 0 saturated carbocycles. The van der Waals surface area contributed by atoms with Crippen LogP contribution in [0.15, 0.2) is 0 Å². The first-order valence-electron chi connectivity index (χ1n) is 12.8. The molecule has 0 N–H and O–H groups in total. The van der Waals surface area contributed by atoms with Crippen LogP contribution in [-0.2, 0) is 14.6 Å². The third-order valence-corrected chi connectivity index (χ3v) is 6.96. The minimum absolute atomic E-state index is 0.0914. The largest absolute Gasteiger partial charge is 0.726 e. The predicted molar refractivity (Wildman–Crippen MR) is 126 cm³/mol. The Labute approximate surface area is 188 Å². The maximum atomic E-state index is 9.45. The molecule has 1 aliphatic heterocycles. The molecule has 0 amide bonds. The highest BCUT2D eigenvalue weighted by molar-refractivity contribution is 7.80. The number of quaternary nitrogens is 1. The molecule has 0 spiro atoms. The zero-order chi connectivity index (χ0) is 22.6. The van der Waals surface area contributed by atoms with E-state index in [1.807, 2.05) is 0 Å². The van der Waals surface area contributed by atoms with E-state index in [9.17, 15) is 13.0 Å². The lowest BCUT2D eigenvalue weighted by atomic mass is 10.0. The summed E-state index contributed by atoms with van der Waals surface area (Å²) < 4.78 is 33.4. The van der Waals surface area contributed by atoms with Crippen LogP contribution in [0.25, 0.3) is 0 Å². The van der Waals surface area contributed by atoms with E-state index in [4.69, 9.17) is 0 Å². The van der Waals surface area contributed by atoms with Gasteiger partial charge >= 0.3 is 0 Å². The number of hydrogen-bond donors (Lipinski definition) is 0. The fourth-order valence-electron chi connectivity index (χ4n) is 4.49. The molecule has 30 heavy (non-hydrogen) atoms. The lowest BCUT2D eigenvalue weighted by Gasteiger charge is -2.33. The first-order valence-corrected chi connectivity index (χ1v) is 14.2. The summed E-state index contributed by atoms with van der Waals surface area (Å²) in [5, 5.41) is 0. The van der Waals surface area contributed by atoms with Gasteiger partial charge in [0, 0.05) is 12.8 Å². The first kappa shape index (κ1) is 29.8. The van der Waals surface area contributed by atoms with E-state index in [2.05, 4.69) is 18.0 Å². The Bertz CT molecular complexity index is 462. The number of rotatable bonds is 18.